The van der Waals surface area contributed by atoms with Crippen LogP contribution in [0.3, 0.4) is 0 Å². The van der Waals surface area contributed by atoms with Crippen LogP contribution in [0.25, 0.3) is 20.8 Å². The number of nitrogens with zero attached hydrogens (tertiary/aromatic N) is 2. The molecule has 0 unspecified atom stereocenters. The molecular formula is C17H19IN2S. The average molecular weight is 410 g/mol. The van der Waals surface area contributed by atoms with Gasteiger partial charge in [0.25, 0.3) is 0 Å². The average Bonchev–Trinajstić information content (AvgIpc) is 2.84. The summed E-state index contributed by atoms with van der Waals surface area (Å²) in [6, 6.07) is 8.75. The number of aromatic nitrogens is 2. The highest BCUT2D eigenvalue weighted by atomic mass is 127. The molecule has 0 atom stereocenters. The van der Waals surface area contributed by atoms with E-state index in [9.17, 15) is 0 Å². The summed E-state index contributed by atoms with van der Waals surface area (Å²) in [4.78, 5) is 4.81. The molecule has 2 aromatic heterocycles. The van der Waals surface area contributed by atoms with E-state index < -0.39 is 0 Å². The van der Waals surface area contributed by atoms with Gasteiger partial charge in [0, 0.05) is 24.1 Å². The molecule has 21 heavy (non-hydrogen) atoms. The van der Waals surface area contributed by atoms with E-state index in [1.54, 1.807) is 11.3 Å². The normalized spacial score (nSPS) is 10.6. The molecule has 0 spiro atoms. The summed E-state index contributed by atoms with van der Waals surface area (Å²) in [5.74, 6) is 0. The molecule has 110 valence electrons. The summed E-state index contributed by atoms with van der Waals surface area (Å²) in [6.45, 7) is 7.54. The maximum absolute atomic E-state index is 4.81. The topological polar surface area (TPSA) is 16.8 Å². The first-order valence-corrected chi connectivity index (χ1v) is 7.86. The van der Waals surface area contributed by atoms with Crippen LogP contribution in [0.1, 0.15) is 24.5 Å². The van der Waals surface area contributed by atoms with Gasteiger partial charge in [-0.05, 0) is 31.0 Å². The van der Waals surface area contributed by atoms with Crippen LogP contribution in [0, 0.1) is 13.8 Å². The van der Waals surface area contributed by atoms with E-state index in [1.807, 2.05) is 0 Å². The fourth-order valence-electron chi connectivity index (χ4n) is 2.50. The third kappa shape index (κ3) is 3.43. The van der Waals surface area contributed by atoms with Crippen LogP contribution in [0.15, 0.2) is 36.7 Å². The summed E-state index contributed by atoms with van der Waals surface area (Å²) in [5.41, 5.74) is 4.91. The highest BCUT2D eigenvalue weighted by molar-refractivity contribution is 7.21. The number of rotatable bonds is 3. The van der Waals surface area contributed by atoms with Crippen molar-refractivity contribution in [2.75, 3.05) is 0 Å². The van der Waals surface area contributed by atoms with Gasteiger partial charge in [0.2, 0.25) is 0 Å². The summed E-state index contributed by atoms with van der Waals surface area (Å²) in [5, 5.41) is 1.11. The maximum Gasteiger partial charge on any atom is 0.169 e. The first kappa shape index (κ1) is 16.4. The van der Waals surface area contributed by atoms with E-state index in [1.165, 1.54) is 21.4 Å². The van der Waals surface area contributed by atoms with Gasteiger partial charge in [-0.2, -0.15) is 0 Å². The molecule has 0 radical (unpaired) electrons. The van der Waals surface area contributed by atoms with Crippen LogP contribution in [0.5, 0.6) is 0 Å². The fourth-order valence-corrected chi connectivity index (χ4v) is 3.65. The minimum Gasteiger partial charge on any atom is -1.00 e. The van der Waals surface area contributed by atoms with Crippen molar-refractivity contribution in [1.82, 2.24) is 4.98 Å². The van der Waals surface area contributed by atoms with Crippen molar-refractivity contribution in [3.63, 3.8) is 0 Å². The molecule has 0 amide bonds. The monoisotopic (exact) mass is 410 g/mol. The standard InChI is InChI=1S/C17H19N2S.HI/c1-4-7-19-8-5-14(6-9-19)17-18-16-13(3)10-12(2)11-15(16)20-17;/h5-6,8-11H,4,7H2,1-3H3;1H/q+1;/p-1. The summed E-state index contributed by atoms with van der Waals surface area (Å²) in [7, 11) is 0. The van der Waals surface area contributed by atoms with Gasteiger partial charge in [-0.3, -0.25) is 0 Å². The Labute approximate surface area is 146 Å². The maximum atomic E-state index is 4.81. The summed E-state index contributed by atoms with van der Waals surface area (Å²) in [6.07, 6.45) is 5.44. The Hall–Kier alpha value is -1.01. The van der Waals surface area contributed by atoms with E-state index in [4.69, 9.17) is 4.98 Å². The summed E-state index contributed by atoms with van der Waals surface area (Å²) < 4.78 is 3.49. The second kappa shape index (κ2) is 6.83. The molecule has 1 aromatic carbocycles. The number of hydrogen-bond acceptors (Lipinski definition) is 2. The third-order valence-electron chi connectivity index (χ3n) is 3.45. The Balaban J connectivity index is 0.00000161. The van der Waals surface area contributed by atoms with Crippen molar-refractivity contribution in [2.45, 2.75) is 33.7 Å². The molecule has 0 aliphatic carbocycles. The highest BCUT2D eigenvalue weighted by Gasteiger charge is 2.10. The molecule has 0 saturated carbocycles. The van der Waals surface area contributed by atoms with E-state index in [0.29, 0.717) is 0 Å². The van der Waals surface area contributed by atoms with Crippen molar-refractivity contribution in [3.05, 3.63) is 47.8 Å². The summed E-state index contributed by atoms with van der Waals surface area (Å²) >= 11 is 1.78. The van der Waals surface area contributed by atoms with Crippen LogP contribution in [-0.4, -0.2) is 4.98 Å². The number of thiazole rings is 1. The van der Waals surface area contributed by atoms with Crippen LogP contribution in [0.2, 0.25) is 0 Å². The predicted molar refractivity (Wildman–Crippen MR) is 85.0 cm³/mol. The fraction of sp³-hybridized carbons (Fsp3) is 0.294. The molecule has 0 saturated heterocycles. The van der Waals surface area contributed by atoms with E-state index >= 15 is 0 Å². The molecule has 0 aliphatic heterocycles. The Kier molecular flexibility index (Phi) is 5.32. The van der Waals surface area contributed by atoms with Gasteiger partial charge in [-0.25, -0.2) is 9.55 Å². The van der Waals surface area contributed by atoms with E-state index in [2.05, 4.69) is 62.0 Å². The minimum absolute atomic E-state index is 0. The number of aryl methyl sites for hydroxylation is 3. The van der Waals surface area contributed by atoms with Crippen molar-refractivity contribution >= 4 is 21.6 Å². The van der Waals surface area contributed by atoms with Crippen LogP contribution < -0.4 is 28.5 Å². The zero-order valence-corrected chi connectivity index (χ0v) is 15.5. The largest absolute Gasteiger partial charge is 1.00 e. The lowest BCUT2D eigenvalue weighted by Gasteiger charge is -1.96. The van der Waals surface area contributed by atoms with E-state index in [-0.39, 0.29) is 24.0 Å². The molecule has 0 bridgehead atoms. The Bertz CT molecular complexity index is 747. The molecule has 3 rings (SSSR count). The second-order valence-electron chi connectivity index (χ2n) is 5.27. The van der Waals surface area contributed by atoms with Gasteiger partial charge in [-0.15, -0.1) is 11.3 Å². The lowest BCUT2D eigenvalue weighted by molar-refractivity contribution is -0.696. The van der Waals surface area contributed by atoms with Gasteiger partial charge in [0.15, 0.2) is 12.4 Å². The third-order valence-corrected chi connectivity index (χ3v) is 4.50. The lowest BCUT2D eigenvalue weighted by atomic mass is 10.1. The first-order chi connectivity index (χ1) is 9.67. The number of benzene rings is 1. The molecule has 0 aliphatic rings. The van der Waals surface area contributed by atoms with Crippen molar-refractivity contribution < 1.29 is 28.5 Å². The van der Waals surface area contributed by atoms with Gasteiger partial charge >= 0.3 is 0 Å². The number of hydrogen-bond donors (Lipinski definition) is 0. The molecule has 4 heteroatoms. The van der Waals surface area contributed by atoms with E-state index in [0.717, 1.165) is 23.5 Å². The van der Waals surface area contributed by atoms with Crippen molar-refractivity contribution in [2.24, 2.45) is 0 Å². The van der Waals surface area contributed by atoms with Crippen LogP contribution in [-0.2, 0) is 6.54 Å². The number of pyridine rings is 1. The Morgan fingerprint density at radius 1 is 1.14 bits per heavy atom. The molecule has 0 fully saturated rings. The number of halogens is 1. The Morgan fingerprint density at radius 2 is 1.86 bits per heavy atom. The van der Waals surface area contributed by atoms with Crippen LogP contribution in [0.4, 0.5) is 0 Å². The molecule has 3 aromatic rings. The minimum atomic E-state index is 0. The second-order valence-corrected chi connectivity index (χ2v) is 6.30. The van der Waals surface area contributed by atoms with Gasteiger partial charge < -0.3 is 24.0 Å². The predicted octanol–water partition coefficient (Wildman–Crippen LogP) is 1.28. The molecule has 0 N–H and O–H groups in total. The SMILES string of the molecule is CCC[n+]1ccc(-c2nc3c(C)cc(C)cc3s2)cc1.[I-]. The van der Waals surface area contributed by atoms with Crippen molar-refractivity contribution in [1.29, 1.82) is 0 Å². The van der Waals surface area contributed by atoms with Gasteiger partial charge in [-0.1, -0.05) is 13.0 Å². The molecule has 2 nitrogen and oxygen atoms in total. The quantitative estimate of drug-likeness (QED) is 0.470. The smallest absolute Gasteiger partial charge is 0.169 e. The molecule has 2 heterocycles. The van der Waals surface area contributed by atoms with Gasteiger partial charge in [0.05, 0.1) is 10.2 Å². The zero-order valence-electron chi connectivity index (χ0n) is 12.6. The first-order valence-electron chi connectivity index (χ1n) is 7.04. The lowest BCUT2D eigenvalue weighted by Crippen LogP contribution is -3.00. The highest BCUT2D eigenvalue weighted by Crippen LogP contribution is 2.31. The zero-order chi connectivity index (χ0) is 14.1. The number of fused-ring (bicyclic) bond motifs is 1. The van der Waals surface area contributed by atoms with Crippen molar-refractivity contribution in [3.8, 4) is 10.6 Å². The molecular weight excluding hydrogens is 391 g/mol. The van der Waals surface area contributed by atoms with Gasteiger partial charge in [0.1, 0.15) is 11.6 Å². The Morgan fingerprint density at radius 3 is 2.52 bits per heavy atom. The van der Waals surface area contributed by atoms with Crippen LogP contribution >= 0.6 is 11.3 Å².